The lowest BCUT2D eigenvalue weighted by atomic mass is 9.58. The highest BCUT2D eigenvalue weighted by Crippen LogP contribution is 2.52. The fourth-order valence-electron chi connectivity index (χ4n) is 6.82. The van der Waals surface area contributed by atoms with Crippen molar-refractivity contribution in [1.29, 1.82) is 0 Å². The molecule has 1 aromatic heterocycles. The zero-order chi connectivity index (χ0) is 28.2. The fraction of sp³-hybridized carbons (Fsp3) is 0.500. The fourth-order valence-corrected chi connectivity index (χ4v) is 6.82. The van der Waals surface area contributed by atoms with E-state index in [0.29, 0.717) is 43.4 Å². The number of rotatable bonds is 6. The first kappa shape index (κ1) is 27.0. The van der Waals surface area contributed by atoms with Crippen LogP contribution in [0, 0.1) is 5.92 Å². The average molecular weight is 554 g/mol. The number of aryl methyl sites for hydroxylation is 1. The Morgan fingerprint density at radius 1 is 1.18 bits per heavy atom. The number of morpholine rings is 1. The Kier molecular flexibility index (Phi) is 6.73. The summed E-state index contributed by atoms with van der Waals surface area (Å²) in [5.41, 5.74) is 1.20. The molecule has 2 aromatic carbocycles. The molecular weight excluding hydrogens is 519 g/mol. The van der Waals surface area contributed by atoms with Crippen molar-refractivity contribution in [3.8, 4) is 0 Å². The number of hydrogen-bond donors (Lipinski definition) is 0. The minimum absolute atomic E-state index is 0.0420. The normalized spacial score (nSPS) is 25.2. The van der Waals surface area contributed by atoms with Crippen LogP contribution in [0.4, 0.5) is 18.9 Å². The van der Waals surface area contributed by atoms with E-state index in [0.717, 1.165) is 30.7 Å². The molecule has 0 N–H and O–H groups in total. The first-order valence-electron chi connectivity index (χ1n) is 13.9. The SMILES string of the molecule is CCC1CN(Cc2cc3c(c(C(F)(F)F)c2)CN(c2cccc(C4(c5nncn5C)CC(C)C4)c2)C3=O)CCO1. The van der Waals surface area contributed by atoms with E-state index < -0.39 is 17.6 Å². The van der Waals surface area contributed by atoms with Crippen LogP contribution < -0.4 is 4.90 Å². The molecular formula is C30H34F3N5O2. The van der Waals surface area contributed by atoms with Gasteiger partial charge in [0.2, 0.25) is 0 Å². The van der Waals surface area contributed by atoms with E-state index in [1.54, 1.807) is 18.5 Å². The zero-order valence-corrected chi connectivity index (χ0v) is 23.0. The number of halogens is 3. The minimum Gasteiger partial charge on any atom is -0.376 e. The Bertz CT molecular complexity index is 1430. The van der Waals surface area contributed by atoms with E-state index >= 15 is 0 Å². The van der Waals surface area contributed by atoms with Gasteiger partial charge in [0.05, 0.1) is 30.2 Å². The van der Waals surface area contributed by atoms with Gasteiger partial charge in [-0.3, -0.25) is 9.69 Å². The third-order valence-electron chi connectivity index (χ3n) is 8.73. The summed E-state index contributed by atoms with van der Waals surface area (Å²) >= 11 is 0. The van der Waals surface area contributed by atoms with Crippen LogP contribution in [0.1, 0.15) is 71.5 Å². The van der Waals surface area contributed by atoms with Crippen LogP contribution in [0.25, 0.3) is 0 Å². The Hall–Kier alpha value is -3.24. The zero-order valence-electron chi connectivity index (χ0n) is 23.0. The van der Waals surface area contributed by atoms with Crippen LogP contribution in [0.2, 0.25) is 0 Å². The van der Waals surface area contributed by atoms with Crippen molar-refractivity contribution < 1.29 is 22.7 Å². The molecule has 0 bridgehead atoms. The van der Waals surface area contributed by atoms with Gasteiger partial charge in [0.15, 0.2) is 0 Å². The lowest BCUT2D eigenvalue weighted by Gasteiger charge is -2.46. The number of benzene rings is 2. The summed E-state index contributed by atoms with van der Waals surface area (Å²) in [4.78, 5) is 17.3. The number of alkyl halides is 3. The number of ether oxygens (including phenoxy) is 1. The molecule has 1 atom stereocenters. The molecule has 2 fully saturated rings. The number of anilines is 1. The molecule has 2 aliphatic heterocycles. The van der Waals surface area contributed by atoms with Crippen molar-refractivity contribution in [2.24, 2.45) is 13.0 Å². The molecule has 40 heavy (non-hydrogen) atoms. The van der Waals surface area contributed by atoms with Crippen molar-refractivity contribution >= 4 is 11.6 Å². The molecule has 1 aliphatic carbocycles. The number of nitrogens with zero attached hydrogens (tertiary/aromatic N) is 5. The van der Waals surface area contributed by atoms with Gasteiger partial charge in [-0.25, -0.2) is 0 Å². The van der Waals surface area contributed by atoms with E-state index in [4.69, 9.17) is 4.74 Å². The molecule has 1 unspecified atom stereocenters. The number of aromatic nitrogens is 3. The van der Waals surface area contributed by atoms with Gasteiger partial charge >= 0.3 is 6.18 Å². The average Bonchev–Trinajstić information content (AvgIpc) is 3.49. The van der Waals surface area contributed by atoms with Gasteiger partial charge in [0, 0.05) is 37.9 Å². The van der Waals surface area contributed by atoms with Crippen molar-refractivity contribution in [2.45, 2.75) is 63.9 Å². The largest absolute Gasteiger partial charge is 0.416 e. The highest BCUT2D eigenvalue weighted by molar-refractivity contribution is 6.10. The second-order valence-electron chi connectivity index (χ2n) is 11.6. The molecule has 0 radical (unpaired) electrons. The van der Waals surface area contributed by atoms with E-state index in [1.807, 2.05) is 36.7 Å². The summed E-state index contributed by atoms with van der Waals surface area (Å²) in [5.74, 6) is 0.962. The Labute approximate surface area is 231 Å². The van der Waals surface area contributed by atoms with Gasteiger partial charge in [-0.1, -0.05) is 26.0 Å². The summed E-state index contributed by atoms with van der Waals surface area (Å²) in [6.45, 7) is 6.31. The Balaban J connectivity index is 1.33. The van der Waals surface area contributed by atoms with Crippen molar-refractivity contribution in [2.75, 3.05) is 24.6 Å². The Morgan fingerprint density at radius 2 is 1.98 bits per heavy atom. The van der Waals surface area contributed by atoms with Crippen LogP contribution in [0.15, 0.2) is 42.7 Å². The quantitative estimate of drug-likeness (QED) is 0.414. The third kappa shape index (κ3) is 4.60. The molecule has 212 valence electrons. The number of carbonyl (C=O) groups is 1. The van der Waals surface area contributed by atoms with E-state index in [9.17, 15) is 18.0 Å². The molecule has 1 saturated carbocycles. The van der Waals surface area contributed by atoms with Gasteiger partial charge in [-0.2, -0.15) is 13.2 Å². The molecule has 0 spiro atoms. The first-order chi connectivity index (χ1) is 19.1. The molecule has 7 nitrogen and oxygen atoms in total. The molecule has 3 aromatic rings. The summed E-state index contributed by atoms with van der Waals surface area (Å²) in [7, 11) is 1.92. The van der Waals surface area contributed by atoms with Crippen molar-refractivity contribution in [3.63, 3.8) is 0 Å². The van der Waals surface area contributed by atoms with Gasteiger partial charge in [0.25, 0.3) is 5.91 Å². The van der Waals surface area contributed by atoms with Crippen LogP contribution >= 0.6 is 0 Å². The van der Waals surface area contributed by atoms with Gasteiger partial charge in [0.1, 0.15) is 12.2 Å². The highest BCUT2D eigenvalue weighted by Gasteiger charge is 2.48. The maximum atomic E-state index is 14.3. The van der Waals surface area contributed by atoms with Gasteiger partial charge < -0.3 is 14.2 Å². The number of carbonyl (C=O) groups excluding carboxylic acids is 1. The smallest absolute Gasteiger partial charge is 0.376 e. The topological polar surface area (TPSA) is 63.5 Å². The van der Waals surface area contributed by atoms with Crippen LogP contribution in [0.5, 0.6) is 0 Å². The Morgan fingerprint density at radius 3 is 2.65 bits per heavy atom. The molecule has 10 heteroatoms. The maximum absolute atomic E-state index is 14.3. The highest BCUT2D eigenvalue weighted by atomic mass is 19.4. The van der Waals surface area contributed by atoms with Gasteiger partial charge in [-0.15, -0.1) is 10.2 Å². The standard InChI is InChI=1S/C30H34F3N5O2/c1-4-23-16-37(8-9-40-23)15-20-10-24-25(26(11-20)30(31,32)33)17-38(27(24)39)22-7-5-6-21(12-22)29(13-19(2)14-29)28-35-34-18-36(28)3/h5-7,10-12,18-19,23H,4,8-9,13-17H2,1-3H3. The lowest BCUT2D eigenvalue weighted by Crippen LogP contribution is -2.43. The molecule has 3 heterocycles. The second kappa shape index (κ2) is 9.99. The monoisotopic (exact) mass is 553 g/mol. The summed E-state index contributed by atoms with van der Waals surface area (Å²) in [6.07, 6.45) is -0.193. The van der Waals surface area contributed by atoms with Crippen LogP contribution in [-0.2, 0) is 36.5 Å². The van der Waals surface area contributed by atoms with E-state index in [-0.39, 0.29) is 29.2 Å². The van der Waals surface area contributed by atoms with Crippen molar-refractivity contribution in [3.05, 3.63) is 76.4 Å². The predicted molar refractivity (Wildman–Crippen MR) is 144 cm³/mol. The molecule has 1 saturated heterocycles. The number of fused-ring (bicyclic) bond motifs is 1. The summed E-state index contributed by atoms with van der Waals surface area (Å²) < 4.78 is 50.5. The van der Waals surface area contributed by atoms with Crippen molar-refractivity contribution in [1.82, 2.24) is 19.7 Å². The lowest BCUT2D eigenvalue weighted by molar-refractivity contribution is -0.138. The van der Waals surface area contributed by atoms with Crippen LogP contribution in [0.3, 0.4) is 0 Å². The predicted octanol–water partition coefficient (Wildman–Crippen LogP) is 5.32. The first-order valence-corrected chi connectivity index (χ1v) is 13.9. The minimum atomic E-state index is -4.56. The second-order valence-corrected chi connectivity index (χ2v) is 11.6. The maximum Gasteiger partial charge on any atom is 0.416 e. The van der Waals surface area contributed by atoms with E-state index in [1.165, 1.54) is 11.0 Å². The summed E-state index contributed by atoms with van der Waals surface area (Å²) in [6, 6.07) is 10.5. The third-order valence-corrected chi connectivity index (χ3v) is 8.73. The number of amides is 1. The molecule has 1 amide bonds. The number of hydrogen-bond acceptors (Lipinski definition) is 5. The molecule has 3 aliphatic rings. The summed E-state index contributed by atoms with van der Waals surface area (Å²) in [5, 5.41) is 8.48. The van der Waals surface area contributed by atoms with E-state index in [2.05, 4.69) is 22.0 Å². The van der Waals surface area contributed by atoms with Gasteiger partial charge in [-0.05, 0) is 66.1 Å². The van der Waals surface area contributed by atoms with Crippen LogP contribution in [-0.4, -0.2) is 51.4 Å². The molecule has 6 rings (SSSR count).